The van der Waals surface area contributed by atoms with E-state index >= 15 is 0 Å². The topological polar surface area (TPSA) is 83.8 Å². The smallest absolute Gasteiger partial charge is 0.338 e. The van der Waals surface area contributed by atoms with Gasteiger partial charge in [-0.25, -0.2) is 9.59 Å². The number of phenolic OH excluding ortho intramolecular Hbond substituents is 1. The number of benzene rings is 3. The Morgan fingerprint density at radius 2 is 1.29 bits per heavy atom. The number of carboxylic acid groups (broad SMARTS) is 1. The Bertz CT molecular complexity index is 1100. The highest BCUT2D eigenvalue weighted by Crippen LogP contribution is 2.30. The molecule has 0 aliphatic heterocycles. The molecule has 0 saturated carbocycles. The van der Waals surface area contributed by atoms with Gasteiger partial charge in [0.2, 0.25) is 0 Å². The molecule has 1 aliphatic carbocycles. The maximum Gasteiger partial charge on any atom is 0.338 e. The third-order valence-corrected chi connectivity index (χ3v) is 4.17. The average Bonchev–Trinajstić information content (AvgIpc) is 3.16. The summed E-state index contributed by atoms with van der Waals surface area (Å²) in [5.74, 6) is -0.874. The molecule has 0 spiro atoms. The summed E-state index contributed by atoms with van der Waals surface area (Å²) in [6.45, 7) is 9.62. The minimum Gasteiger partial charge on any atom is -0.508 e. The summed E-state index contributed by atoms with van der Waals surface area (Å²) in [5.41, 5.74) is 3.22. The number of aromatic hydroxyl groups is 1. The van der Waals surface area contributed by atoms with Crippen LogP contribution in [-0.4, -0.2) is 22.2 Å². The van der Waals surface area contributed by atoms with Gasteiger partial charge in [0.15, 0.2) is 0 Å². The lowest BCUT2D eigenvalue weighted by molar-refractivity contribution is -0.132. The van der Waals surface area contributed by atoms with Gasteiger partial charge in [0, 0.05) is 11.1 Å². The minimum atomic E-state index is -0.935. The fourth-order valence-corrected chi connectivity index (χ4v) is 2.57. The predicted molar refractivity (Wildman–Crippen MR) is 124 cm³/mol. The van der Waals surface area contributed by atoms with E-state index in [1.165, 1.54) is 53.1 Å². The zero-order chi connectivity index (χ0) is 23.0. The summed E-state index contributed by atoms with van der Waals surface area (Å²) in [6, 6.07) is 18.8. The van der Waals surface area contributed by atoms with Gasteiger partial charge in [-0.3, -0.25) is 0 Å². The van der Waals surface area contributed by atoms with E-state index in [4.69, 9.17) is 14.9 Å². The highest BCUT2D eigenvalue weighted by atomic mass is 16.5. The van der Waals surface area contributed by atoms with Crippen molar-refractivity contribution in [2.45, 2.75) is 13.8 Å². The van der Waals surface area contributed by atoms with Crippen molar-refractivity contribution < 1.29 is 24.5 Å². The second kappa shape index (κ2) is 10.6. The van der Waals surface area contributed by atoms with E-state index in [2.05, 4.69) is 61.7 Å². The number of aliphatic carboxylic acids is 1. The molecule has 0 saturated heterocycles. The van der Waals surface area contributed by atoms with E-state index in [-0.39, 0.29) is 11.3 Å². The lowest BCUT2D eigenvalue weighted by atomic mass is 10.0. The van der Waals surface area contributed by atoms with Crippen LogP contribution >= 0.6 is 0 Å². The Morgan fingerprint density at radius 3 is 1.71 bits per heavy atom. The fourth-order valence-electron chi connectivity index (χ4n) is 2.57. The number of hydrogen-bond donors (Lipinski definition) is 2. The number of esters is 1. The van der Waals surface area contributed by atoms with Crippen LogP contribution in [0.4, 0.5) is 0 Å². The predicted octanol–water partition coefficient (Wildman–Crippen LogP) is 5.84. The van der Waals surface area contributed by atoms with Gasteiger partial charge in [0.1, 0.15) is 11.5 Å². The average molecular weight is 416 g/mol. The Hall–Kier alpha value is -4.12. The molecular formula is C26H24O5. The first-order valence-electron chi connectivity index (χ1n) is 9.44. The van der Waals surface area contributed by atoms with E-state index in [9.17, 15) is 9.59 Å². The largest absolute Gasteiger partial charge is 0.508 e. The number of carbonyl (C=O) groups excluding carboxylic acids is 1. The summed E-state index contributed by atoms with van der Waals surface area (Å²) in [5, 5.41) is 19.6. The third kappa shape index (κ3) is 6.72. The summed E-state index contributed by atoms with van der Waals surface area (Å²) in [7, 11) is 0. The van der Waals surface area contributed by atoms with Crippen molar-refractivity contribution in [2.75, 3.05) is 0 Å². The van der Waals surface area contributed by atoms with E-state index in [0.717, 1.165) is 0 Å². The summed E-state index contributed by atoms with van der Waals surface area (Å²) < 4.78 is 4.88. The maximum atomic E-state index is 11.0. The van der Waals surface area contributed by atoms with Crippen molar-refractivity contribution in [2.24, 2.45) is 0 Å². The van der Waals surface area contributed by atoms with Crippen molar-refractivity contribution in [3.05, 3.63) is 96.1 Å². The number of rotatable bonds is 3. The standard InChI is InChI=1S/C12H8.C10H10O3.C4H6O2/c1-3-9-4-2-6-11-8-7-10(5-1)12(9)11;1-7(2)10(12)13-9-5-3-8(11)4-6-9;1-3(2)4(5)6/h1-8H;3-6,11H,1H2,2H3;1H2,2H3,(H,5,6). The van der Waals surface area contributed by atoms with Crippen LogP contribution in [-0.2, 0) is 9.59 Å². The molecule has 0 bridgehead atoms. The van der Waals surface area contributed by atoms with Crippen LogP contribution < -0.4 is 4.74 Å². The van der Waals surface area contributed by atoms with Gasteiger partial charge in [-0.05, 0) is 60.0 Å². The number of carbonyl (C=O) groups is 2. The normalized spacial score (nSPS) is 10.3. The first-order chi connectivity index (χ1) is 14.7. The number of phenols is 1. The SMILES string of the molecule is C1=Cc2cccc3cccc1c23.C=C(C)C(=O)O.C=C(C)C(=O)Oc1ccc(O)cc1. The molecule has 5 nitrogen and oxygen atoms in total. The van der Waals surface area contributed by atoms with E-state index in [1.807, 2.05) is 0 Å². The molecule has 0 atom stereocenters. The molecule has 1 aliphatic rings. The molecule has 0 fully saturated rings. The van der Waals surface area contributed by atoms with Crippen LogP contribution in [0.15, 0.2) is 85.0 Å². The van der Waals surface area contributed by atoms with Gasteiger partial charge < -0.3 is 14.9 Å². The summed E-state index contributed by atoms with van der Waals surface area (Å²) in [6.07, 6.45) is 4.36. The molecule has 158 valence electrons. The van der Waals surface area contributed by atoms with Gasteiger partial charge >= 0.3 is 11.9 Å². The molecule has 0 unspecified atom stereocenters. The van der Waals surface area contributed by atoms with Crippen LogP contribution in [0.5, 0.6) is 11.5 Å². The van der Waals surface area contributed by atoms with E-state index < -0.39 is 11.9 Å². The summed E-state index contributed by atoms with van der Waals surface area (Å²) in [4.78, 5) is 20.6. The fraction of sp³-hybridized carbons (Fsp3) is 0.0769. The quantitative estimate of drug-likeness (QED) is 0.249. The van der Waals surface area contributed by atoms with E-state index in [1.54, 1.807) is 6.92 Å². The minimum absolute atomic E-state index is 0.134. The molecule has 0 heterocycles. The Kier molecular flexibility index (Phi) is 7.92. The zero-order valence-electron chi connectivity index (χ0n) is 17.5. The first kappa shape index (κ1) is 23.2. The van der Waals surface area contributed by atoms with Crippen molar-refractivity contribution in [1.29, 1.82) is 0 Å². The molecule has 2 N–H and O–H groups in total. The maximum absolute atomic E-state index is 11.0. The highest BCUT2D eigenvalue weighted by molar-refractivity contribution is 6.04. The van der Waals surface area contributed by atoms with Crippen LogP contribution in [0.25, 0.3) is 22.9 Å². The van der Waals surface area contributed by atoms with Gasteiger partial charge in [-0.2, -0.15) is 0 Å². The Labute approximate surface area is 181 Å². The van der Waals surface area contributed by atoms with Crippen molar-refractivity contribution in [3.63, 3.8) is 0 Å². The lowest BCUT2D eigenvalue weighted by Gasteiger charge is -2.02. The molecule has 0 radical (unpaired) electrons. The molecule has 31 heavy (non-hydrogen) atoms. The monoisotopic (exact) mass is 416 g/mol. The molecule has 3 aromatic carbocycles. The van der Waals surface area contributed by atoms with Crippen LogP contribution in [0.2, 0.25) is 0 Å². The highest BCUT2D eigenvalue weighted by Gasteiger charge is 2.06. The second-order valence-electron chi connectivity index (χ2n) is 6.88. The molecule has 4 rings (SSSR count). The van der Waals surface area contributed by atoms with Crippen LogP contribution in [0.1, 0.15) is 25.0 Å². The Balaban J connectivity index is 0.000000177. The van der Waals surface area contributed by atoms with Gasteiger partial charge in [0.05, 0.1) is 0 Å². The number of carboxylic acids is 1. The third-order valence-electron chi connectivity index (χ3n) is 4.17. The van der Waals surface area contributed by atoms with Crippen LogP contribution in [0, 0.1) is 0 Å². The number of ether oxygens (including phenoxy) is 1. The zero-order valence-corrected chi connectivity index (χ0v) is 17.5. The van der Waals surface area contributed by atoms with E-state index in [0.29, 0.717) is 11.3 Å². The van der Waals surface area contributed by atoms with Gasteiger partial charge in [-0.1, -0.05) is 61.7 Å². The first-order valence-corrected chi connectivity index (χ1v) is 9.44. The molecular weight excluding hydrogens is 392 g/mol. The van der Waals surface area contributed by atoms with Crippen molar-refractivity contribution in [1.82, 2.24) is 0 Å². The second-order valence-corrected chi connectivity index (χ2v) is 6.88. The van der Waals surface area contributed by atoms with Gasteiger partial charge in [0.25, 0.3) is 0 Å². The number of hydrogen-bond acceptors (Lipinski definition) is 4. The Morgan fingerprint density at radius 1 is 0.806 bits per heavy atom. The van der Waals surface area contributed by atoms with Gasteiger partial charge in [-0.15, -0.1) is 0 Å². The van der Waals surface area contributed by atoms with Crippen molar-refractivity contribution in [3.8, 4) is 11.5 Å². The van der Waals surface area contributed by atoms with Crippen molar-refractivity contribution >= 4 is 34.9 Å². The molecule has 3 aromatic rings. The molecule has 0 amide bonds. The van der Waals surface area contributed by atoms with Crippen LogP contribution in [0.3, 0.4) is 0 Å². The summed E-state index contributed by atoms with van der Waals surface area (Å²) >= 11 is 0. The molecule has 0 aromatic heterocycles. The lowest BCUT2D eigenvalue weighted by Crippen LogP contribution is -2.07. The molecule has 5 heteroatoms.